The maximum absolute atomic E-state index is 12.4. The van der Waals surface area contributed by atoms with Crippen LogP contribution >= 0.6 is 0 Å². The van der Waals surface area contributed by atoms with Crippen molar-refractivity contribution in [1.29, 1.82) is 0 Å². The van der Waals surface area contributed by atoms with E-state index in [4.69, 9.17) is 0 Å². The highest BCUT2D eigenvalue weighted by molar-refractivity contribution is 5.86. The molecule has 0 spiro atoms. The normalized spacial score (nSPS) is 15.7. The molecule has 0 radical (unpaired) electrons. The van der Waals surface area contributed by atoms with Crippen LogP contribution in [0.1, 0.15) is 32.3 Å². The van der Waals surface area contributed by atoms with Crippen LogP contribution in [0.4, 0.5) is 0 Å². The second-order valence-electron chi connectivity index (χ2n) is 5.11. The van der Waals surface area contributed by atoms with E-state index in [1.54, 1.807) is 6.92 Å². The molecule has 1 saturated carbocycles. The van der Waals surface area contributed by atoms with Crippen LogP contribution < -0.4 is 5.32 Å². The molecule has 1 unspecified atom stereocenters. The first kappa shape index (κ1) is 13.6. The van der Waals surface area contributed by atoms with Crippen LogP contribution in [0.3, 0.4) is 0 Å². The van der Waals surface area contributed by atoms with Gasteiger partial charge >= 0.3 is 0 Å². The standard InChI is InChI=1S/C15H20N2O2/c1-11(16-12(2)18)15(19)17(14-8-9-14)10-13-6-4-3-5-7-13/h3-7,11,14H,8-10H2,1-2H3,(H,16,18). The zero-order valence-corrected chi connectivity index (χ0v) is 11.4. The monoisotopic (exact) mass is 260 g/mol. The van der Waals surface area contributed by atoms with Crippen molar-refractivity contribution in [3.8, 4) is 0 Å². The number of carbonyl (C=O) groups is 2. The summed E-state index contributed by atoms with van der Waals surface area (Å²) in [5.41, 5.74) is 1.12. The maximum Gasteiger partial charge on any atom is 0.245 e. The average molecular weight is 260 g/mol. The molecule has 1 aromatic rings. The molecule has 19 heavy (non-hydrogen) atoms. The maximum atomic E-state index is 12.4. The van der Waals surface area contributed by atoms with Crippen molar-refractivity contribution >= 4 is 11.8 Å². The van der Waals surface area contributed by atoms with Crippen LogP contribution in [0.25, 0.3) is 0 Å². The van der Waals surface area contributed by atoms with Crippen LogP contribution in [0.15, 0.2) is 30.3 Å². The summed E-state index contributed by atoms with van der Waals surface area (Å²) in [6, 6.07) is 9.83. The van der Waals surface area contributed by atoms with E-state index in [-0.39, 0.29) is 11.8 Å². The summed E-state index contributed by atoms with van der Waals surface area (Å²) in [4.78, 5) is 25.3. The number of carbonyl (C=O) groups excluding carboxylic acids is 2. The molecule has 1 aliphatic rings. The van der Waals surface area contributed by atoms with Gasteiger partial charge in [0.05, 0.1) is 0 Å². The van der Waals surface area contributed by atoms with Crippen molar-refractivity contribution in [2.45, 2.75) is 45.3 Å². The van der Waals surface area contributed by atoms with E-state index in [1.807, 2.05) is 35.2 Å². The van der Waals surface area contributed by atoms with Crippen molar-refractivity contribution in [2.75, 3.05) is 0 Å². The number of hydrogen-bond acceptors (Lipinski definition) is 2. The highest BCUT2D eigenvalue weighted by Gasteiger charge is 2.34. The number of rotatable bonds is 5. The molecule has 1 N–H and O–H groups in total. The van der Waals surface area contributed by atoms with Crippen molar-refractivity contribution in [3.63, 3.8) is 0 Å². The van der Waals surface area contributed by atoms with Gasteiger partial charge < -0.3 is 10.2 Å². The second kappa shape index (κ2) is 5.87. The van der Waals surface area contributed by atoms with Crippen molar-refractivity contribution in [3.05, 3.63) is 35.9 Å². The summed E-state index contributed by atoms with van der Waals surface area (Å²) >= 11 is 0. The molecule has 0 heterocycles. The fraction of sp³-hybridized carbons (Fsp3) is 0.467. The van der Waals surface area contributed by atoms with Crippen molar-refractivity contribution in [2.24, 2.45) is 0 Å². The summed E-state index contributed by atoms with van der Waals surface area (Å²) < 4.78 is 0. The third kappa shape index (κ3) is 3.81. The molecule has 1 aliphatic carbocycles. The molecule has 0 bridgehead atoms. The van der Waals surface area contributed by atoms with Crippen LogP contribution in [-0.4, -0.2) is 28.8 Å². The summed E-state index contributed by atoms with van der Waals surface area (Å²) in [6.45, 7) is 3.79. The van der Waals surface area contributed by atoms with Gasteiger partial charge in [0.1, 0.15) is 6.04 Å². The number of nitrogens with one attached hydrogen (secondary N) is 1. The summed E-state index contributed by atoms with van der Waals surface area (Å²) in [6.07, 6.45) is 2.12. The molecule has 4 nitrogen and oxygen atoms in total. The third-order valence-electron chi connectivity index (χ3n) is 3.26. The molecular weight excluding hydrogens is 240 g/mol. The van der Waals surface area contributed by atoms with Gasteiger partial charge in [0, 0.05) is 19.5 Å². The minimum Gasteiger partial charge on any atom is -0.345 e. The predicted molar refractivity (Wildman–Crippen MR) is 73.3 cm³/mol. The van der Waals surface area contributed by atoms with Crippen LogP contribution in [-0.2, 0) is 16.1 Å². The van der Waals surface area contributed by atoms with Crippen LogP contribution in [0, 0.1) is 0 Å². The highest BCUT2D eigenvalue weighted by Crippen LogP contribution is 2.28. The number of hydrogen-bond donors (Lipinski definition) is 1. The van der Waals surface area contributed by atoms with E-state index in [0.29, 0.717) is 12.6 Å². The van der Waals surface area contributed by atoms with E-state index in [9.17, 15) is 9.59 Å². The van der Waals surface area contributed by atoms with Crippen molar-refractivity contribution in [1.82, 2.24) is 10.2 Å². The molecular formula is C15H20N2O2. The van der Waals surface area contributed by atoms with E-state index >= 15 is 0 Å². The van der Waals surface area contributed by atoms with Gasteiger partial charge in [-0.3, -0.25) is 9.59 Å². The van der Waals surface area contributed by atoms with Crippen molar-refractivity contribution < 1.29 is 9.59 Å². The lowest BCUT2D eigenvalue weighted by molar-refractivity contribution is -0.136. The molecule has 2 rings (SSSR count). The Labute approximate surface area is 113 Å². The topological polar surface area (TPSA) is 49.4 Å². The van der Waals surface area contributed by atoms with Crippen LogP contribution in [0.5, 0.6) is 0 Å². The summed E-state index contributed by atoms with van der Waals surface area (Å²) in [5.74, 6) is -0.169. The first-order valence-electron chi connectivity index (χ1n) is 6.69. The van der Waals surface area contributed by atoms with E-state index in [2.05, 4.69) is 5.32 Å². The Bertz CT molecular complexity index is 454. The predicted octanol–water partition coefficient (Wildman–Crippen LogP) is 1.70. The Hall–Kier alpha value is -1.84. The Morgan fingerprint density at radius 2 is 1.95 bits per heavy atom. The van der Waals surface area contributed by atoms with Gasteiger partial charge in [0.2, 0.25) is 11.8 Å². The molecule has 0 aromatic heterocycles. The lowest BCUT2D eigenvalue weighted by Crippen LogP contribution is -2.46. The Kier molecular flexibility index (Phi) is 4.20. The van der Waals surface area contributed by atoms with Gasteiger partial charge in [-0.05, 0) is 25.3 Å². The van der Waals surface area contributed by atoms with E-state index < -0.39 is 6.04 Å². The van der Waals surface area contributed by atoms with Gasteiger partial charge in [-0.25, -0.2) is 0 Å². The Morgan fingerprint density at radius 1 is 1.32 bits per heavy atom. The number of nitrogens with zero attached hydrogens (tertiary/aromatic N) is 1. The Morgan fingerprint density at radius 3 is 2.47 bits per heavy atom. The molecule has 1 atom stereocenters. The zero-order valence-electron chi connectivity index (χ0n) is 11.4. The molecule has 0 saturated heterocycles. The fourth-order valence-electron chi connectivity index (χ4n) is 2.17. The van der Waals surface area contributed by atoms with Gasteiger partial charge in [-0.1, -0.05) is 30.3 Å². The summed E-state index contributed by atoms with van der Waals surface area (Å²) in [5, 5.41) is 2.66. The molecule has 0 aliphatic heterocycles. The van der Waals surface area contributed by atoms with E-state index in [1.165, 1.54) is 6.92 Å². The van der Waals surface area contributed by atoms with Gasteiger partial charge in [-0.2, -0.15) is 0 Å². The molecule has 2 amide bonds. The minimum absolute atomic E-state index is 0.00144. The molecule has 1 fully saturated rings. The quantitative estimate of drug-likeness (QED) is 0.876. The largest absolute Gasteiger partial charge is 0.345 e. The smallest absolute Gasteiger partial charge is 0.245 e. The number of amides is 2. The average Bonchev–Trinajstić information content (AvgIpc) is 3.20. The minimum atomic E-state index is -0.457. The van der Waals surface area contributed by atoms with Gasteiger partial charge in [0.25, 0.3) is 0 Å². The number of benzene rings is 1. The second-order valence-corrected chi connectivity index (χ2v) is 5.11. The lowest BCUT2D eigenvalue weighted by atomic mass is 10.2. The first-order valence-corrected chi connectivity index (χ1v) is 6.69. The van der Waals surface area contributed by atoms with Gasteiger partial charge in [0.15, 0.2) is 0 Å². The Balaban J connectivity index is 2.03. The highest BCUT2D eigenvalue weighted by atomic mass is 16.2. The zero-order chi connectivity index (χ0) is 13.8. The molecule has 4 heteroatoms. The summed E-state index contributed by atoms with van der Waals surface area (Å²) in [7, 11) is 0. The van der Waals surface area contributed by atoms with Crippen LogP contribution in [0.2, 0.25) is 0 Å². The molecule has 102 valence electrons. The molecule has 1 aromatic carbocycles. The SMILES string of the molecule is CC(=O)NC(C)C(=O)N(Cc1ccccc1)C1CC1. The third-order valence-corrected chi connectivity index (χ3v) is 3.26. The van der Waals surface area contributed by atoms with E-state index in [0.717, 1.165) is 18.4 Å². The fourth-order valence-corrected chi connectivity index (χ4v) is 2.17. The lowest BCUT2D eigenvalue weighted by Gasteiger charge is -2.26. The first-order chi connectivity index (χ1) is 9.08. The van der Waals surface area contributed by atoms with Gasteiger partial charge in [-0.15, -0.1) is 0 Å².